The quantitative estimate of drug-likeness (QED) is 0.852. The average Bonchev–Trinajstić information content (AvgIpc) is 2.53. The molecule has 20 heavy (non-hydrogen) atoms. The van der Waals surface area contributed by atoms with Gasteiger partial charge in [0.1, 0.15) is 0 Å². The number of hydrogen-bond acceptors (Lipinski definition) is 3. The molecule has 0 aliphatic carbocycles. The van der Waals surface area contributed by atoms with Gasteiger partial charge in [-0.25, -0.2) is 0 Å². The Labute approximate surface area is 120 Å². The van der Waals surface area contributed by atoms with Gasteiger partial charge in [0.05, 0.1) is 6.54 Å². The van der Waals surface area contributed by atoms with Gasteiger partial charge in [-0.1, -0.05) is 17.7 Å². The minimum atomic E-state index is 0.0719. The first-order chi connectivity index (χ1) is 9.47. The summed E-state index contributed by atoms with van der Waals surface area (Å²) in [5.74, 6) is 0.219. The van der Waals surface area contributed by atoms with E-state index in [-0.39, 0.29) is 11.7 Å². The van der Waals surface area contributed by atoms with Crippen molar-refractivity contribution < 1.29 is 9.59 Å². The van der Waals surface area contributed by atoms with Gasteiger partial charge >= 0.3 is 0 Å². The largest absolute Gasteiger partial charge is 0.355 e. The summed E-state index contributed by atoms with van der Waals surface area (Å²) in [5.41, 5.74) is 4.09. The summed E-state index contributed by atoms with van der Waals surface area (Å²) < 4.78 is 0. The first kappa shape index (κ1) is 14.7. The van der Waals surface area contributed by atoms with Gasteiger partial charge in [-0.2, -0.15) is 0 Å². The standard InChI is InChI=1S/C16H22N2O2/c1-11-8-12(2)16(13(3)9-11)14(19)10-18-6-4-15(20)17-5-7-18/h8-9H,4-7,10H2,1-3H3,(H,17,20). The highest BCUT2D eigenvalue weighted by Gasteiger charge is 2.19. The molecule has 0 saturated carbocycles. The predicted molar refractivity (Wildman–Crippen MR) is 79.1 cm³/mol. The van der Waals surface area contributed by atoms with E-state index in [4.69, 9.17) is 0 Å². The molecule has 1 amide bonds. The van der Waals surface area contributed by atoms with Crippen molar-refractivity contribution in [2.45, 2.75) is 27.2 Å². The molecule has 1 aromatic rings. The van der Waals surface area contributed by atoms with Gasteiger partial charge < -0.3 is 5.32 Å². The molecule has 0 bridgehead atoms. The molecule has 1 fully saturated rings. The minimum Gasteiger partial charge on any atom is -0.355 e. The second-order valence-corrected chi connectivity index (χ2v) is 5.57. The van der Waals surface area contributed by atoms with Crippen LogP contribution in [0.3, 0.4) is 0 Å². The molecule has 1 saturated heterocycles. The Bertz CT molecular complexity index is 514. The fourth-order valence-electron chi connectivity index (χ4n) is 2.87. The summed E-state index contributed by atoms with van der Waals surface area (Å²) in [4.78, 5) is 25.9. The van der Waals surface area contributed by atoms with Gasteiger partial charge in [0.2, 0.25) is 5.91 Å². The van der Waals surface area contributed by atoms with Crippen LogP contribution >= 0.6 is 0 Å². The smallest absolute Gasteiger partial charge is 0.221 e. The van der Waals surface area contributed by atoms with Crippen molar-refractivity contribution >= 4 is 11.7 Å². The van der Waals surface area contributed by atoms with Crippen molar-refractivity contribution in [2.75, 3.05) is 26.2 Å². The normalized spacial score (nSPS) is 16.6. The number of carbonyl (C=O) groups excluding carboxylic acids is 2. The molecule has 2 rings (SSSR count). The van der Waals surface area contributed by atoms with Crippen LogP contribution in [0.15, 0.2) is 12.1 Å². The Morgan fingerprint density at radius 2 is 1.85 bits per heavy atom. The third-order valence-corrected chi connectivity index (χ3v) is 3.73. The van der Waals surface area contributed by atoms with E-state index in [1.807, 2.05) is 32.9 Å². The molecule has 0 unspecified atom stereocenters. The first-order valence-electron chi connectivity index (χ1n) is 7.07. The molecule has 1 aliphatic rings. The van der Waals surface area contributed by atoms with Crippen LogP contribution in [-0.4, -0.2) is 42.8 Å². The molecule has 0 radical (unpaired) electrons. The molecule has 1 heterocycles. The Balaban J connectivity index is 2.10. The van der Waals surface area contributed by atoms with E-state index in [0.717, 1.165) is 23.2 Å². The zero-order valence-corrected chi connectivity index (χ0v) is 12.5. The van der Waals surface area contributed by atoms with Gasteiger partial charge in [0.15, 0.2) is 5.78 Å². The summed E-state index contributed by atoms with van der Waals surface area (Å²) in [5, 5.41) is 2.83. The first-order valence-corrected chi connectivity index (χ1v) is 7.07. The molecule has 0 aromatic heterocycles. The fraction of sp³-hybridized carbons (Fsp3) is 0.500. The van der Waals surface area contributed by atoms with Crippen LogP contribution in [0, 0.1) is 20.8 Å². The number of hydrogen-bond donors (Lipinski definition) is 1. The summed E-state index contributed by atoms with van der Waals surface area (Å²) >= 11 is 0. The molecule has 1 aromatic carbocycles. The number of nitrogens with zero attached hydrogens (tertiary/aromatic N) is 1. The molecule has 108 valence electrons. The van der Waals surface area contributed by atoms with Crippen LogP contribution in [-0.2, 0) is 4.79 Å². The van der Waals surface area contributed by atoms with E-state index in [9.17, 15) is 9.59 Å². The highest BCUT2D eigenvalue weighted by atomic mass is 16.1. The monoisotopic (exact) mass is 274 g/mol. The van der Waals surface area contributed by atoms with Gasteiger partial charge in [0, 0.05) is 31.6 Å². The molecule has 4 heteroatoms. The van der Waals surface area contributed by atoms with Gasteiger partial charge in [-0.3, -0.25) is 14.5 Å². The number of ketones is 1. The second kappa shape index (κ2) is 6.18. The van der Waals surface area contributed by atoms with E-state index >= 15 is 0 Å². The van der Waals surface area contributed by atoms with Crippen molar-refractivity contribution in [3.63, 3.8) is 0 Å². The number of amides is 1. The maximum absolute atomic E-state index is 12.5. The average molecular weight is 274 g/mol. The third kappa shape index (κ3) is 3.45. The molecular weight excluding hydrogens is 252 g/mol. The lowest BCUT2D eigenvalue weighted by atomic mass is 9.96. The van der Waals surface area contributed by atoms with E-state index < -0.39 is 0 Å². The van der Waals surface area contributed by atoms with E-state index in [1.54, 1.807) is 0 Å². The number of rotatable bonds is 3. The summed E-state index contributed by atoms with van der Waals surface area (Å²) in [6, 6.07) is 4.10. The molecular formula is C16H22N2O2. The zero-order valence-electron chi connectivity index (χ0n) is 12.5. The van der Waals surface area contributed by atoms with Crippen LogP contribution in [0.5, 0.6) is 0 Å². The minimum absolute atomic E-state index is 0.0719. The molecule has 0 spiro atoms. The third-order valence-electron chi connectivity index (χ3n) is 3.73. The Kier molecular flexibility index (Phi) is 4.55. The lowest BCUT2D eigenvalue weighted by Gasteiger charge is -2.19. The predicted octanol–water partition coefficient (Wildman–Crippen LogP) is 1.62. The molecule has 4 nitrogen and oxygen atoms in total. The Morgan fingerprint density at radius 3 is 2.50 bits per heavy atom. The molecule has 0 atom stereocenters. The fourth-order valence-corrected chi connectivity index (χ4v) is 2.87. The zero-order chi connectivity index (χ0) is 14.7. The summed E-state index contributed by atoms with van der Waals surface area (Å²) in [6.45, 7) is 8.42. The SMILES string of the molecule is Cc1cc(C)c(C(=O)CN2CCNC(=O)CC2)c(C)c1. The van der Waals surface area contributed by atoms with Crippen LogP contribution < -0.4 is 5.32 Å². The lowest BCUT2D eigenvalue weighted by molar-refractivity contribution is -0.120. The highest BCUT2D eigenvalue weighted by molar-refractivity contribution is 6.00. The Hall–Kier alpha value is -1.68. The number of benzene rings is 1. The van der Waals surface area contributed by atoms with Crippen LogP contribution in [0.4, 0.5) is 0 Å². The second-order valence-electron chi connectivity index (χ2n) is 5.57. The number of carbonyl (C=O) groups is 2. The number of nitrogens with one attached hydrogen (secondary N) is 1. The van der Waals surface area contributed by atoms with E-state index in [1.165, 1.54) is 5.56 Å². The van der Waals surface area contributed by atoms with Crippen molar-refractivity contribution in [1.29, 1.82) is 0 Å². The highest BCUT2D eigenvalue weighted by Crippen LogP contribution is 2.17. The van der Waals surface area contributed by atoms with Crippen molar-refractivity contribution in [1.82, 2.24) is 10.2 Å². The maximum Gasteiger partial charge on any atom is 0.221 e. The van der Waals surface area contributed by atoms with Gasteiger partial charge in [-0.05, 0) is 31.9 Å². The van der Waals surface area contributed by atoms with Gasteiger partial charge in [-0.15, -0.1) is 0 Å². The number of Topliss-reactive ketones (excluding diaryl/α,β-unsaturated/α-hetero) is 1. The summed E-state index contributed by atoms with van der Waals surface area (Å²) in [6.07, 6.45) is 0.471. The number of aryl methyl sites for hydroxylation is 3. The van der Waals surface area contributed by atoms with Gasteiger partial charge in [0.25, 0.3) is 0 Å². The van der Waals surface area contributed by atoms with Crippen LogP contribution in [0.1, 0.15) is 33.5 Å². The van der Waals surface area contributed by atoms with E-state index in [0.29, 0.717) is 26.1 Å². The van der Waals surface area contributed by atoms with E-state index in [2.05, 4.69) is 10.2 Å². The maximum atomic E-state index is 12.5. The molecule has 1 aliphatic heterocycles. The van der Waals surface area contributed by atoms with Crippen LogP contribution in [0.2, 0.25) is 0 Å². The van der Waals surface area contributed by atoms with Crippen molar-refractivity contribution in [3.8, 4) is 0 Å². The molecule has 1 N–H and O–H groups in total. The Morgan fingerprint density at radius 1 is 1.20 bits per heavy atom. The lowest BCUT2D eigenvalue weighted by Crippen LogP contribution is -2.33. The van der Waals surface area contributed by atoms with Crippen molar-refractivity contribution in [3.05, 3.63) is 34.4 Å². The summed E-state index contributed by atoms with van der Waals surface area (Å²) in [7, 11) is 0. The van der Waals surface area contributed by atoms with Crippen LogP contribution in [0.25, 0.3) is 0 Å². The topological polar surface area (TPSA) is 49.4 Å². The van der Waals surface area contributed by atoms with Crippen molar-refractivity contribution in [2.24, 2.45) is 0 Å².